The molecular weight excluding hydrogens is 245 g/mol. The molecule has 6 heteroatoms. The summed E-state index contributed by atoms with van der Waals surface area (Å²) in [7, 11) is -3.15. The van der Waals surface area contributed by atoms with Crippen molar-refractivity contribution < 1.29 is 17.6 Å². The van der Waals surface area contributed by atoms with Crippen LogP contribution >= 0.6 is 0 Å². The summed E-state index contributed by atoms with van der Waals surface area (Å²) < 4.78 is 35.1. The summed E-state index contributed by atoms with van der Waals surface area (Å²) >= 11 is 0. The van der Waals surface area contributed by atoms with Gasteiger partial charge >= 0.3 is 0 Å². The molecule has 1 aromatic rings. The van der Waals surface area contributed by atoms with E-state index in [0.717, 1.165) is 0 Å². The number of benzene rings is 1. The van der Waals surface area contributed by atoms with Crippen LogP contribution in [0.25, 0.3) is 0 Å². The van der Waals surface area contributed by atoms with E-state index in [0.29, 0.717) is 5.69 Å². The number of hydrogen-bond donors (Lipinski definition) is 1. The van der Waals surface area contributed by atoms with Crippen molar-refractivity contribution in [3.8, 4) is 0 Å². The number of nitrogens with one attached hydrogen (secondary N) is 1. The second-order valence-electron chi connectivity index (χ2n) is 3.54. The van der Waals surface area contributed by atoms with Crippen molar-refractivity contribution in [1.82, 2.24) is 0 Å². The lowest BCUT2D eigenvalue weighted by atomic mass is 10.3. The van der Waals surface area contributed by atoms with Crippen LogP contribution in [0.15, 0.2) is 24.3 Å². The van der Waals surface area contributed by atoms with Gasteiger partial charge in [0.1, 0.15) is 5.82 Å². The van der Waals surface area contributed by atoms with E-state index in [4.69, 9.17) is 0 Å². The molecule has 0 saturated carbocycles. The van der Waals surface area contributed by atoms with Crippen molar-refractivity contribution in [2.75, 3.05) is 16.8 Å². The van der Waals surface area contributed by atoms with Gasteiger partial charge in [0.05, 0.1) is 5.75 Å². The van der Waals surface area contributed by atoms with Crippen LogP contribution in [0.4, 0.5) is 10.1 Å². The maximum atomic E-state index is 12.8. The molecule has 0 radical (unpaired) electrons. The van der Waals surface area contributed by atoms with Gasteiger partial charge < -0.3 is 5.32 Å². The van der Waals surface area contributed by atoms with Gasteiger partial charge in [0, 0.05) is 17.9 Å². The van der Waals surface area contributed by atoms with Crippen LogP contribution in [0.1, 0.15) is 13.3 Å². The average molecular weight is 259 g/mol. The molecule has 0 fully saturated rings. The average Bonchev–Trinajstić information content (AvgIpc) is 2.27. The molecule has 0 heterocycles. The van der Waals surface area contributed by atoms with Gasteiger partial charge in [-0.3, -0.25) is 4.79 Å². The number of anilines is 1. The lowest BCUT2D eigenvalue weighted by Gasteiger charge is -2.05. The fourth-order valence-electron chi connectivity index (χ4n) is 1.18. The summed E-state index contributed by atoms with van der Waals surface area (Å²) in [4.78, 5) is 11.4. The van der Waals surface area contributed by atoms with E-state index in [1.807, 2.05) is 0 Å². The number of sulfone groups is 1. The molecule has 1 amide bonds. The number of hydrogen-bond acceptors (Lipinski definition) is 3. The molecule has 0 spiro atoms. The third kappa shape index (κ3) is 4.95. The summed E-state index contributed by atoms with van der Waals surface area (Å²) in [5.74, 6) is -1.07. The van der Waals surface area contributed by atoms with Crippen LogP contribution in [0, 0.1) is 5.82 Å². The SMILES string of the molecule is CCS(=O)(=O)CCC(=O)Nc1cccc(F)c1. The Kier molecular flexibility index (Phi) is 4.62. The number of carbonyl (C=O) groups is 1. The fourth-order valence-corrected chi connectivity index (χ4v) is 1.97. The van der Waals surface area contributed by atoms with Gasteiger partial charge in [0.2, 0.25) is 5.91 Å². The van der Waals surface area contributed by atoms with Gasteiger partial charge in [-0.1, -0.05) is 13.0 Å². The molecule has 0 saturated heterocycles. The predicted octanol–water partition coefficient (Wildman–Crippen LogP) is 1.59. The van der Waals surface area contributed by atoms with Gasteiger partial charge in [0.15, 0.2) is 9.84 Å². The summed E-state index contributed by atoms with van der Waals surface area (Å²) in [5, 5.41) is 2.44. The van der Waals surface area contributed by atoms with E-state index in [1.54, 1.807) is 0 Å². The molecule has 4 nitrogen and oxygen atoms in total. The summed E-state index contributed by atoms with van der Waals surface area (Å²) in [5.41, 5.74) is 0.323. The van der Waals surface area contributed by atoms with Crippen molar-refractivity contribution in [2.45, 2.75) is 13.3 Å². The highest BCUT2D eigenvalue weighted by Crippen LogP contribution is 2.09. The molecule has 94 valence electrons. The topological polar surface area (TPSA) is 63.2 Å². The van der Waals surface area contributed by atoms with Gasteiger partial charge in [-0.15, -0.1) is 0 Å². The first-order chi connectivity index (χ1) is 7.93. The van der Waals surface area contributed by atoms with Gasteiger partial charge in [-0.2, -0.15) is 0 Å². The van der Waals surface area contributed by atoms with Gasteiger partial charge in [-0.05, 0) is 18.2 Å². The zero-order chi connectivity index (χ0) is 12.9. The minimum Gasteiger partial charge on any atom is -0.326 e. The van der Waals surface area contributed by atoms with E-state index in [2.05, 4.69) is 5.32 Å². The predicted molar refractivity (Wildman–Crippen MR) is 64.0 cm³/mol. The summed E-state index contributed by atoms with van der Waals surface area (Å²) in [6.07, 6.45) is -0.118. The summed E-state index contributed by atoms with van der Waals surface area (Å²) in [6, 6.07) is 5.44. The van der Waals surface area contributed by atoms with Crippen LogP contribution in [-0.4, -0.2) is 25.8 Å². The smallest absolute Gasteiger partial charge is 0.225 e. The molecule has 0 bridgehead atoms. The number of rotatable bonds is 5. The Morgan fingerprint density at radius 1 is 1.41 bits per heavy atom. The van der Waals surface area contributed by atoms with Crippen LogP contribution in [-0.2, 0) is 14.6 Å². The molecule has 0 aliphatic rings. The maximum Gasteiger partial charge on any atom is 0.225 e. The van der Waals surface area contributed by atoms with Crippen LogP contribution in [0.5, 0.6) is 0 Å². The number of amides is 1. The van der Waals surface area contributed by atoms with Crippen molar-refractivity contribution in [1.29, 1.82) is 0 Å². The summed E-state index contributed by atoms with van der Waals surface area (Å²) in [6.45, 7) is 1.53. The zero-order valence-electron chi connectivity index (χ0n) is 9.44. The molecule has 0 atom stereocenters. The highest BCUT2D eigenvalue weighted by atomic mass is 32.2. The van der Waals surface area contributed by atoms with Gasteiger partial charge in [0.25, 0.3) is 0 Å². The van der Waals surface area contributed by atoms with E-state index in [9.17, 15) is 17.6 Å². The second-order valence-corrected chi connectivity index (χ2v) is 6.02. The van der Waals surface area contributed by atoms with Crippen LogP contribution < -0.4 is 5.32 Å². The Labute approximate surface area is 99.8 Å². The molecule has 17 heavy (non-hydrogen) atoms. The van der Waals surface area contributed by atoms with E-state index < -0.39 is 21.6 Å². The molecule has 1 aromatic carbocycles. The first-order valence-corrected chi connectivity index (χ1v) is 7.01. The van der Waals surface area contributed by atoms with Gasteiger partial charge in [-0.25, -0.2) is 12.8 Å². The molecule has 0 unspecified atom stereocenters. The van der Waals surface area contributed by atoms with E-state index in [1.165, 1.54) is 31.2 Å². The van der Waals surface area contributed by atoms with Crippen molar-refractivity contribution >= 4 is 21.4 Å². The zero-order valence-corrected chi connectivity index (χ0v) is 10.3. The van der Waals surface area contributed by atoms with Crippen LogP contribution in [0.2, 0.25) is 0 Å². The first kappa shape index (κ1) is 13.6. The number of halogens is 1. The van der Waals surface area contributed by atoms with Crippen molar-refractivity contribution in [3.63, 3.8) is 0 Å². The Hall–Kier alpha value is -1.43. The normalized spacial score (nSPS) is 11.2. The fraction of sp³-hybridized carbons (Fsp3) is 0.364. The van der Waals surface area contributed by atoms with E-state index in [-0.39, 0.29) is 17.9 Å². The lowest BCUT2D eigenvalue weighted by Crippen LogP contribution is -2.18. The Bertz CT molecular complexity index is 499. The van der Waals surface area contributed by atoms with Crippen LogP contribution in [0.3, 0.4) is 0 Å². The number of carbonyl (C=O) groups excluding carboxylic acids is 1. The highest BCUT2D eigenvalue weighted by Gasteiger charge is 2.11. The standard InChI is InChI=1S/C11H14FNO3S/c1-2-17(15,16)7-6-11(14)13-10-5-3-4-9(12)8-10/h3-5,8H,2,6-7H2,1H3,(H,13,14). The molecule has 0 aromatic heterocycles. The van der Waals surface area contributed by atoms with E-state index >= 15 is 0 Å². The largest absolute Gasteiger partial charge is 0.326 e. The van der Waals surface area contributed by atoms with Crippen molar-refractivity contribution in [2.24, 2.45) is 0 Å². The minimum absolute atomic E-state index is 0.0141. The first-order valence-electron chi connectivity index (χ1n) is 5.19. The maximum absolute atomic E-state index is 12.8. The lowest BCUT2D eigenvalue weighted by molar-refractivity contribution is -0.115. The molecule has 0 aliphatic carbocycles. The molecule has 1 rings (SSSR count). The Morgan fingerprint density at radius 2 is 2.12 bits per heavy atom. The third-order valence-electron chi connectivity index (χ3n) is 2.19. The Balaban J connectivity index is 2.51. The second kappa shape index (κ2) is 5.77. The molecule has 1 N–H and O–H groups in total. The highest BCUT2D eigenvalue weighted by molar-refractivity contribution is 7.91. The Morgan fingerprint density at radius 3 is 2.71 bits per heavy atom. The monoisotopic (exact) mass is 259 g/mol. The quantitative estimate of drug-likeness (QED) is 0.873. The molecule has 0 aliphatic heterocycles. The van der Waals surface area contributed by atoms with Crippen molar-refractivity contribution in [3.05, 3.63) is 30.1 Å². The third-order valence-corrected chi connectivity index (χ3v) is 3.89. The molecular formula is C11H14FNO3S. The minimum atomic E-state index is -3.15.